The van der Waals surface area contributed by atoms with Crippen LogP contribution in [0.2, 0.25) is 0 Å². The van der Waals surface area contributed by atoms with E-state index in [1.54, 1.807) is 19.1 Å². The molecule has 0 bridgehead atoms. The Morgan fingerprint density at radius 3 is 2.62 bits per heavy atom. The highest BCUT2D eigenvalue weighted by atomic mass is 31.2. The molecule has 1 aromatic carbocycles. The fraction of sp³-hybridized carbons (Fsp3) is 0.333. The molecule has 0 N–H and O–H groups in total. The van der Waals surface area contributed by atoms with Gasteiger partial charge in [0.2, 0.25) is 7.37 Å². The van der Waals surface area contributed by atoms with Crippen molar-refractivity contribution in [1.29, 1.82) is 0 Å². The Hall–Kier alpha value is -0.660. The van der Waals surface area contributed by atoms with Crippen LogP contribution in [0.25, 0.3) is 0 Å². The number of halogens is 1. The Labute approximate surface area is 77.2 Å². The minimum Gasteiger partial charge on any atom is -0.326 e. The van der Waals surface area contributed by atoms with Gasteiger partial charge in [0.1, 0.15) is 5.82 Å². The Balaban J connectivity index is 3.07. The maximum atomic E-state index is 13.2. The maximum absolute atomic E-state index is 13.2. The zero-order valence-electron chi connectivity index (χ0n) is 7.66. The highest BCUT2D eigenvalue weighted by molar-refractivity contribution is 7.66. The molecule has 4 heteroatoms. The first kappa shape index (κ1) is 10.4. The van der Waals surface area contributed by atoms with Crippen LogP contribution < -0.4 is 5.30 Å². The molecule has 0 spiro atoms. The van der Waals surface area contributed by atoms with E-state index in [1.807, 2.05) is 0 Å². The van der Waals surface area contributed by atoms with E-state index in [4.69, 9.17) is 4.52 Å². The summed E-state index contributed by atoms with van der Waals surface area (Å²) in [4.78, 5) is 0. The van der Waals surface area contributed by atoms with Crippen molar-refractivity contribution in [2.24, 2.45) is 0 Å². The van der Waals surface area contributed by atoms with E-state index in [2.05, 4.69) is 0 Å². The molecule has 2 nitrogen and oxygen atoms in total. The van der Waals surface area contributed by atoms with Crippen molar-refractivity contribution in [2.75, 3.05) is 13.3 Å². The molecule has 0 aliphatic heterocycles. The third-order valence-corrected chi connectivity index (χ3v) is 3.65. The Morgan fingerprint density at radius 1 is 1.46 bits per heavy atom. The molecule has 0 amide bonds. The van der Waals surface area contributed by atoms with E-state index in [1.165, 1.54) is 18.8 Å². The van der Waals surface area contributed by atoms with Crippen LogP contribution in [0.5, 0.6) is 0 Å². The zero-order chi connectivity index (χ0) is 9.90. The molecule has 1 rings (SSSR count). The highest BCUT2D eigenvalue weighted by Crippen LogP contribution is 2.41. The van der Waals surface area contributed by atoms with E-state index in [0.29, 0.717) is 6.61 Å². The summed E-state index contributed by atoms with van der Waals surface area (Å²) in [7, 11) is -2.96. The van der Waals surface area contributed by atoms with Gasteiger partial charge in [0.15, 0.2) is 0 Å². The van der Waals surface area contributed by atoms with Crippen LogP contribution in [0.15, 0.2) is 24.3 Å². The second-order valence-corrected chi connectivity index (χ2v) is 5.15. The van der Waals surface area contributed by atoms with Crippen LogP contribution in [-0.4, -0.2) is 13.3 Å². The molecule has 0 fully saturated rings. The third kappa shape index (κ3) is 2.39. The third-order valence-electron chi connectivity index (χ3n) is 1.67. The fourth-order valence-corrected chi connectivity index (χ4v) is 2.55. The SMILES string of the molecule is CCOP(C)(=O)c1ccccc1F. The van der Waals surface area contributed by atoms with E-state index in [9.17, 15) is 8.96 Å². The fourth-order valence-electron chi connectivity index (χ4n) is 1.10. The first-order valence-electron chi connectivity index (χ1n) is 4.05. The summed E-state index contributed by atoms with van der Waals surface area (Å²) >= 11 is 0. The second-order valence-electron chi connectivity index (χ2n) is 2.72. The predicted octanol–water partition coefficient (Wildman–Crippen LogP) is 2.40. The summed E-state index contributed by atoms with van der Waals surface area (Å²) in [5, 5.41) is 0.164. The second kappa shape index (κ2) is 4.03. The molecule has 0 aliphatic rings. The van der Waals surface area contributed by atoms with Gasteiger partial charge in [-0.3, -0.25) is 4.57 Å². The average Bonchev–Trinajstić information content (AvgIpc) is 2.04. The lowest BCUT2D eigenvalue weighted by molar-refractivity contribution is 0.344. The molecule has 13 heavy (non-hydrogen) atoms. The molecule has 0 saturated carbocycles. The minimum absolute atomic E-state index is 0.164. The van der Waals surface area contributed by atoms with Gasteiger partial charge in [0, 0.05) is 6.66 Å². The van der Waals surface area contributed by atoms with E-state index in [0.717, 1.165) is 0 Å². The molecule has 0 aromatic heterocycles. The van der Waals surface area contributed by atoms with Gasteiger partial charge in [-0.15, -0.1) is 0 Å². The number of rotatable bonds is 3. The lowest BCUT2D eigenvalue weighted by Gasteiger charge is -2.12. The zero-order valence-corrected chi connectivity index (χ0v) is 8.55. The molecule has 1 atom stereocenters. The Kier molecular flexibility index (Phi) is 3.23. The number of hydrogen-bond donors (Lipinski definition) is 0. The Bertz CT molecular complexity index is 338. The summed E-state index contributed by atoms with van der Waals surface area (Å²) in [5.74, 6) is -0.471. The van der Waals surface area contributed by atoms with Crippen molar-refractivity contribution in [3.05, 3.63) is 30.1 Å². The topological polar surface area (TPSA) is 26.3 Å². The Morgan fingerprint density at radius 2 is 2.08 bits per heavy atom. The van der Waals surface area contributed by atoms with Crippen molar-refractivity contribution < 1.29 is 13.5 Å². The first-order valence-corrected chi connectivity index (χ1v) is 6.12. The molecule has 0 saturated heterocycles. The standard InChI is InChI=1S/C9H12FO2P/c1-3-12-13(2,11)9-7-5-4-6-8(9)10/h4-7H,3H2,1-2H3. The predicted molar refractivity (Wildman–Crippen MR) is 51.2 cm³/mol. The van der Waals surface area contributed by atoms with Crippen molar-refractivity contribution >= 4 is 12.7 Å². The maximum Gasteiger partial charge on any atom is 0.232 e. The summed E-state index contributed by atoms with van der Waals surface area (Å²) < 4.78 is 29.9. The molecule has 0 heterocycles. The monoisotopic (exact) mass is 202 g/mol. The molecule has 72 valence electrons. The number of benzene rings is 1. The highest BCUT2D eigenvalue weighted by Gasteiger charge is 2.21. The van der Waals surface area contributed by atoms with Crippen molar-refractivity contribution in [1.82, 2.24) is 0 Å². The van der Waals surface area contributed by atoms with Gasteiger partial charge < -0.3 is 4.52 Å². The lowest BCUT2D eigenvalue weighted by Crippen LogP contribution is -2.10. The van der Waals surface area contributed by atoms with E-state index < -0.39 is 13.2 Å². The van der Waals surface area contributed by atoms with Crippen molar-refractivity contribution in [3.63, 3.8) is 0 Å². The van der Waals surface area contributed by atoms with Gasteiger partial charge in [-0.05, 0) is 19.1 Å². The summed E-state index contributed by atoms with van der Waals surface area (Å²) in [6, 6.07) is 5.98. The van der Waals surface area contributed by atoms with Gasteiger partial charge in [0.05, 0.1) is 11.9 Å². The average molecular weight is 202 g/mol. The first-order chi connectivity index (χ1) is 6.08. The van der Waals surface area contributed by atoms with E-state index >= 15 is 0 Å². The molecule has 1 unspecified atom stereocenters. The van der Waals surface area contributed by atoms with Crippen molar-refractivity contribution in [3.8, 4) is 0 Å². The quantitative estimate of drug-likeness (QED) is 0.703. The summed E-state index contributed by atoms with van der Waals surface area (Å²) in [6.07, 6.45) is 0. The van der Waals surface area contributed by atoms with Crippen molar-refractivity contribution in [2.45, 2.75) is 6.92 Å². The van der Waals surface area contributed by atoms with Gasteiger partial charge in [-0.25, -0.2) is 4.39 Å². The largest absolute Gasteiger partial charge is 0.326 e. The molecule has 0 aliphatic carbocycles. The minimum atomic E-state index is -2.96. The van der Waals surface area contributed by atoms with Crippen LogP contribution in [0.4, 0.5) is 4.39 Å². The van der Waals surface area contributed by atoms with E-state index in [-0.39, 0.29) is 5.30 Å². The van der Waals surface area contributed by atoms with Crippen LogP contribution in [0.3, 0.4) is 0 Å². The number of hydrogen-bond acceptors (Lipinski definition) is 2. The molecule has 1 aromatic rings. The van der Waals surface area contributed by atoms with Gasteiger partial charge in [-0.1, -0.05) is 12.1 Å². The van der Waals surface area contributed by atoms with Gasteiger partial charge in [-0.2, -0.15) is 0 Å². The van der Waals surface area contributed by atoms with Gasteiger partial charge >= 0.3 is 0 Å². The molecule has 0 radical (unpaired) electrons. The smallest absolute Gasteiger partial charge is 0.232 e. The lowest BCUT2D eigenvalue weighted by atomic mass is 10.3. The summed E-state index contributed by atoms with van der Waals surface area (Å²) in [5.41, 5.74) is 0. The normalized spacial score (nSPS) is 15.3. The van der Waals surface area contributed by atoms with Gasteiger partial charge in [0.25, 0.3) is 0 Å². The summed E-state index contributed by atoms with van der Waals surface area (Å²) in [6.45, 7) is 3.48. The van der Waals surface area contributed by atoms with Crippen LogP contribution in [-0.2, 0) is 9.09 Å². The van der Waals surface area contributed by atoms with Crippen LogP contribution >= 0.6 is 7.37 Å². The molecular weight excluding hydrogens is 190 g/mol. The van der Waals surface area contributed by atoms with Crippen LogP contribution in [0.1, 0.15) is 6.92 Å². The van der Waals surface area contributed by atoms with Crippen LogP contribution in [0, 0.1) is 5.82 Å². The molecular formula is C9H12FO2P.